The van der Waals surface area contributed by atoms with Crippen LogP contribution in [0.4, 0.5) is 5.69 Å². The molecule has 3 heteroatoms. The standard InChI is InChI=1S/C11H14ClNO/c12-9-10-1-3-11(4-2-10)13-5-7-14-8-6-13/h1-4H,5-9H2. The van der Waals surface area contributed by atoms with Crippen molar-refractivity contribution in [2.24, 2.45) is 0 Å². The van der Waals surface area contributed by atoms with Gasteiger partial charge in [0.15, 0.2) is 0 Å². The maximum absolute atomic E-state index is 5.73. The molecule has 0 saturated carbocycles. The molecular weight excluding hydrogens is 198 g/mol. The largest absolute Gasteiger partial charge is 0.378 e. The molecule has 0 spiro atoms. The number of nitrogens with zero attached hydrogens (tertiary/aromatic N) is 1. The highest BCUT2D eigenvalue weighted by Gasteiger charge is 2.10. The molecule has 0 unspecified atom stereocenters. The van der Waals surface area contributed by atoms with Gasteiger partial charge in [0.2, 0.25) is 0 Å². The summed E-state index contributed by atoms with van der Waals surface area (Å²) in [5.41, 5.74) is 2.44. The van der Waals surface area contributed by atoms with Crippen LogP contribution in [0.15, 0.2) is 24.3 Å². The van der Waals surface area contributed by atoms with Crippen molar-refractivity contribution < 1.29 is 4.74 Å². The summed E-state index contributed by atoms with van der Waals surface area (Å²) in [5.74, 6) is 0.587. The number of ether oxygens (including phenoxy) is 1. The molecule has 1 aromatic rings. The van der Waals surface area contributed by atoms with E-state index in [4.69, 9.17) is 16.3 Å². The lowest BCUT2D eigenvalue weighted by Gasteiger charge is -2.28. The Morgan fingerprint density at radius 3 is 2.36 bits per heavy atom. The first-order chi connectivity index (χ1) is 6.90. The van der Waals surface area contributed by atoms with E-state index in [0.29, 0.717) is 5.88 Å². The Morgan fingerprint density at radius 1 is 1.14 bits per heavy atom. The van der Waals surface area contributed by atoms with Crippen molar-refractivity contribution in [1.29, 1.82) is 0 Å². The van der Waals surface area contributed by atoms with Crippen molar-refractivity contribution in [3.63, 3.8) is 0 Å². The van der Waals surface area contributed by atoms with Crippen LogP contribution in [-0.2, 0) is 10.6 Å². The molecule has 0 aromatic heterocycles. The quantitative estimate of drug-likeness (QED) is 0.696. The van der Waals surface area contributed by atoms with Gasteiger partial charge in [-0.1, -0.05) is 12.1 Å². The Kier molecular flexibility index (Phi) is 3.27. The number of hydrogen-bond acceptors (Lipinski definition) is 2. The second-order valence-electron chi connectivity index (χ2n) is 3.40. The summed E-state index contributed by atoms with van der Waals surface area (Å²) in [4.78, 5) is 2.33. The van der Waals surface area contributed by atoms with Crippen molar-refractivity contribution in [3.8, 4) is 0 Å². The van der Waals surface area contributed by atoms with Gasteiger partial charge >= 0.3 is 0 Å². The van der Waals surface area contributed by atoms with Crippen molar-refractivity contribution in [3.05, 3.63) is 29.8 Å². The second-order valence-corrected chi connectivity index (χ2v) is 3.67. The monoisotopic (exact) mass is 211 g/mol. The van der Waals surface area contributed by atoms with Crippen molar-refractivity contribution in [1.82, 2.24) is 0 Å². The highest BCUT2D eigenvalue weighted by molar-refractivity contribution is 6.17. The van der Waals surface area contributed by atoms with Gasteiger partial charge in [-0.05, 0) is 17.7 Å². The number of rotatable bonds is 2. The van der Waals surface area contributed by atoms with E-state index in [2.05, 4.69) is 29.2 Å². The van der Waals surface area contributed by atoms with Gasteiger partial charge in [-0.3, -0.25) is 0 Å². The molecule has 0 radical (unpaired) electrons. The van der Waals surface area contributed by atoms with Gasteiger partial charge in [0.25, 0.3) is 0 Å². The molecule has 76 valence electrons. The van der Waals surface area contributed by atoms with Crippen LogP contribution in [0.2, 0.25) is 0 Å². The first-order valence-corrected chi connectivity index (χ1v) is 5.41. The first kappa shape index (κ1) is 9.81. The molecule has 0 aliphatic carbocycles. The average molecular weight is 212 g/mol. The minimum Gasteiger partial charge on any atom is -0.378 e. The summed E-state index contributed by atoms with van der Waals surface area (Å²) < 4.78 is 5.30. The van der Waals surface area contributed by atoms with E-state index in [1.807, 2.05) is 0 Å². The third-order valence-corrected chi connectivity index (χ3v) is 2.78. The van der Waals surface area contributed by atoms with Gasteiger partial charge < -0.3 is 9.64 Å². The number of morpholine rings is 1. The fourth-order valence-corrected chi connectivity index (χ4v) is 1.80. The fourth-order valence-electron chi connectivity index (χ4n) is 1.62. The lowest BCUT2D eigenvalue weighted by atomic mass is 10.2. The maximum atomic E-state index is 5.73. The molecule has 1 saturated heterocycles. The molecule has 1 aliphatic rings. The highest BCUT2D eigenvalue weighted by atomic mass is 35.5. The zero-order valence-electron chi connectivity index (χ0n) is 8.08. The molecule has 1 aromatic carbocycles. The normalized spacial score (nSPS) is 17.1. The fraction of sp³-hybridized carbons (Fsp3) is 0.455. The van der Waals surface area contributed by atoms with Gasteiger partial charge in [0, 0.05) is 24.7 Å². The third-order valence-electron chi connectivity index (χ3n) is 2.47. The minimum atomic E-state index is 0.587. The van der Waals surface area contributed by atoms with E-state index in [9.17, 15) is 0 Å². The SMILES string of the molecule is ClCc1ccc(N2CCOCC2)cc1. The van der Waals surface area contributed by atoms with Gasteiger partial charge in [0.1, 0.15) is 0 Å². The summed E-state index contributed by atoms with van der Waals surface area (Å²) in [6.07, 6.45) is 0. The predicted octanol–water partition coefficient (Wildman–Crippen LogP) is 2.26. The van der Waals surface area contributed by atoms with Crippen LogP contribution < -0.4 is 4.90 Å². The Hall–Kier alpha value is -0.730. The Bertz CT molecular complexity index is 280. The molecule has 0 N–H and O–H groups in total. The van der Waals surface area contributed by atoms with Gasteiger partial charge in [-0.2, -0.15) is 0 Å². The minimum absolute atomic E-state index is 0.587. The van der Waals surface area contributed by atoms with E-state index >= 15 is 0 Å². The number of hydrogen-bond donors (Lipinski definition) is 0. The number of halogens is 1. The number of benzene rings is 1. The molecule has 2 rings (SSSR count). The second kappa shape index (κ2) is 4.67. The third kappa shape index (κ3) is 2.20. The molecule has 1 fully saturated rings. The van der Waals surface area contributed by atoms with Crippen molar-refractivity contribution in [2.45, 2.75) is 5.88 Å². The number of alkyl halides is 1. The first-order valence-electron chi connectivity index (χ1n) is 4.88. The summed E-state index contributed by atoms with van der Waals surface area (Å²) in [6, 6.07) is 8.42. The van der Waals surface area contributed by atoms with Crippen LogP contribution in [0.5, 0.6) is 0 Å². The van der Waals surface area contributed by atoms with Gasteiger partial charge in [-0.15, -0.1) is 11.6 Å². The number of anilines is 1. The van der Waals surface area contributed by atoms with E-state index in [1.54, 1.807) is 0 Å². The molecule has 2 nitrogen and oxygen atoms in total. The van der Waals surface area contributed by atoms with Crippen LogP contribution in [0.3, 0.4) is 0 Å². The Labute approximate surface area is 89.4 Å². The van der Waals surface area contributed by atoms with E-state index in [1.165, 1.54) is 11.3 Å². The Balaban J connectivity index is 2.07. The molecule has 0 amide bonds. The van der Waals surface area contributed by atoms with Crippen molar-refractivity contribution in [2.75, 3.05) is 31.2 Å². The topological polar surface area (TPSA) is 12.5 Å². The molecule has 0 bridgehead atoms. The Morgan fingerprint density at radius 2 is 1.79 bits per heavy atom. The molecular formula is C11H14ClNO. The van der Waals surface area contributed by atoms with E-state index in [-0.39, 0.29) is 0 Å². The van der Waals surface area contributed by atoms with Gasteiger partial charge in [0.05, 0.1) is 13.2 Å². The van der Waals surface area contributed by atoms with Crippen molar-refractivity contribution >= 4 is 17.3 Å². The molecule has 1 aliphatic heterocycles. The van der Waals surface area contributed by atoms with Crippen LogP contribution in [-0.4, -0.2) is 26.3 Å². The van der Waals surface area contributed by atoms with Crippen LogP contribution in [0.1, 0.15) is 5.56 Å². The van der Waals surface area contributed by atoms with Crippen LogP contribution in [0, 0.1) is 0 Å². The van der Waals surface area contributed by atoms with E-state index in [0.717, 1.165) is 26.3 Å². The smallest absolute Gasteiger partial charge is 0.0642 e. The molecule has 0 atom stereocenters. The highest BCUT2D eigenvalue weighted by Crippen LogP contribution is 2.17. The van der Waals surface area contributed by atoms with Gasteiger partial charge in [-0.25, -0.2) is 0 Å². The van der Waals surface area contributed by atoms with Crippen LogP contribution in [0.25, 0.3) is 0 Å². The summed E-state index contributed by atoms with van der Waals surface area (Å²) in [7, 11) is 0. The summed E-state index contributed by atoms with van der Waals surface area (Å²) in [6.45, 7) is 3.63. The zero-order valence-corrected chi connectivity index (χ0v) is 8.83. The lowest BCUT2D eigenvalue weighted by Crippen LogP contribution is -2.36. The summed E-state index contributed by atoms with van der Waals surface area (Å²) >= 11 is 5.73. The molecule has 14 heavy (non-hydrogen) atoms. The zero-order chi connectivity index (χ0) is 9.80. The van der Waals surface area contributed by atoms with E-state index < -0.39 is 0 Å². The predicted molar refractivity (Wildman–Crippen MR) is 59.0 cm³/mol. The average Bonchev–Trinajstić information content (AvgIpc) is 2.30. The lowest BCUT2D eigenvalue weighted by molar-refractivity contribution is 0.122. The summed E-state index contributed by atoms with van der Waals surface area (Å²) in [5, 5.41) is 0. The maximum Gasteiger partial charge on any atom is 0.0642 e. The van der Waals surface area contributed by atoms with Crippen LogP contribution >= 0.6 is 11.6 Å². The molecule has 1 heterocycles.